The molecule has 306 valence electrons. The van der Waals surface area contributed by atoms with Crippen molar-refractivity contribution in [3.8, 4) is 0 Å². The number of rotatable bonds is 9. The summed E-state index contributed by atoms with van der Waals surface area (Å²) in [6, 6.07) is 18.2. The van der Waals surface area contributed by atoms with Crippen LogP contribution in [0.15, 0.2) is 132 Å². The van der Waals surface area contributed by atoms with Crippen LogP contribution in [0, 0.1) is 47.3 Å². The van der Waals surface area contributed by atoms with Gasteiger partial charge in [-0.1, -0.05) is 176 Å². The molecule has 0 saturated heterocycles. The number of hydrogen-bond donors (Lipinski definition) is 1. The summed E-state index contributed by atoms with van der Waals surface area (Å²) in [6.45, 7) is 19.6. The quantitative estimate of drug-likeness (QED) is 0.235. The van der Waals surface area contributed by atoms with Crippen molar-refractivity contribution in [3.63, 3.8) is 0 Å². The minimum Gasteiger partial charge on any atom is -0.381 e. The zero-order chi connectivity index (χ0) is 41.7. The number of allylic oxidation sites excluding steroid dienone is 16. The van der Waals surface area contributed by atoms with Crippen LogP contribution in [0.25, 0.3) is 34.4 Å². The molecule has 6 aliphatic rings. The Kier molecular flexibility index (Phi) is 11.1. The highest BCUT2D eigenvalue weighted by Gasteiger charge is 2.34. The van der Waals surface area contributed by atoms with E-state index >= 15 is 0 Å². The molecule has 5 atom stereocenters. The molecule has 0 bridgehead atoms. The van der Waals surface area contributed by atoms with Crippen LogP contribution in [0.4, 0.5) is 5.69 Å². The van der Waals surface area contributed by atoms with Crippen LogP contribution in [-0.4, -0.2) is 16.5 Å². The third-order valence-electron chi connectivity index (χ3n) is 14.0. The molecule has 0 spiro atoms. The van der Waals surface area contributed by atoms with Crippen molar-refractivity contribution in [2.24, 2.45) is 47.3 Å². The Balaban J connectivity index is 1.22. The first-order chi connectivity index (χ1) is 29.0. The molecule has 3 heteroatoms. The molecule has 0 fully saturated rings. The first-order valence-electron chi connectivity index (χ1n) is 22.9. The molecule has 60 heavy (non-hydrogen) atoms. The maximum atomic E-state index is 5.68. The summed E-state index contributed by atoms with van der Waals surface area (Å²) in [7, 11) is 0. The van der Waals surface area contributed by atoms with Crippen molar-refractivity contribution in [2.45, 2.75) is 80.6 Å². The Hall–Kier alpha value is -5.28. The summed E-state index contributed by atoms with van der Waals surface area (Å²) in [5, 5.41) is 6.32. The number of benzene rings is 2. The standard InChI is InChI=1S/C57H63N3/c1-34(2)41-22-42(35(3)4)25-47(24-41)55-33-56(48-26-43(36(5)6)23-44(27-48)37(7)8)60-57(59-55)49-29-45(39-20-19-38-15-13-21-58-54(38)32-39)28-46(30-49)53-31-40-14-9-10-16-50(40)51-17-11-12-18-52(51)53/h9-20,22,24,26-29,31-37,43,46-47,52-53,58H,21,23,25,30H2,1-8H3. The molecular weight excluding hydrogens is 727 g/mol. The van der Waals surface area contributed by atoms with E-state index in [0.29, 0.717) is 35.5 Å². The van der Waals surface area contributed by atoms with Crippen LogP contribution in [-0.2, 0) is 0 Å². The Morgan fingerprint density at radius 3 is 2.32 bits per heavy atom. The molecule has 5 unspecified atom stereocenters. The molecule has 2 aromatic carbocycles. The van der Waals surface area contributed by atoms with Gasteiger partial charge in [0.15, 0.2) is 5.82 Å². The number of hydrogen-bond acceptors (Lipinski definition) is 3. The highest BCUT2D eigenvalue weighted by atomic mass is 14.9. The van der Waals surface area contributed by atoms with Crippen LogP contribution in [0.2, 0.25) is 0 Å². The average Bonchev–Trinajstić information content (AvgIpc) is 3.27. The third-order valence-corrected chi connectivity index (χ3v) is 14.0. The summed E-state index contributed by atoms with van der Waals surface area (Å²) < 4.78 is 0. The van der Waals surface area contributed by atoms with Gasteiger partial charge >= 0.3 is 0 Å². The fraction of sp³-hybridized carbons (Fsp3) is 0.368. The van der Waals surface area contributed by atoms with Gasteiger partial charge in [-0.05, 0) is 128 Å². The molecule has 1 aliphatic heterocycles. The number of nitrogens with zero attached hydrogens (tertiary/aromatic N) is 2. The first-order valence-corrected chi connectivity index (χ1v) is 22.9. The topological polar surface area (TPSA) is 37.8 Å². The van der Waals surface area contributed by atoms with Gasteiger partial charge < -0.3 is 5.32 Å². The Bertz CT molecular complexity index is 2610. The van der Waals surface area contributed by atoms with Crippen LogP contribution >= 0.6 is 0 Å². The lowest BCUT2D eigenvalue weighted by molar-refractivity contribution is 0.445. The minimum atomic E-state index is 0.193. The van der Waals surface area contributed by atoms with E-state index in [-0.39, 0.29) is 17.8 Å². The summed E-state index contributed by atoms with van der Waals surface area (Å²) in [6.07, 6.45) is 34.2. The van der Waals surface area contributed by atoms with Crippen molar-refractivity contribution in [1.29, 1.82) is 0 Å². The molecule has 0 saturated carbocycles. The van der Waals surface area contributed by atoms with Gasteiger partial charge in [0.2, 0.25) is 0 Å². The largest absolute Gasteiger partial charge is 0.381 e. The van der Waals surface area contributed by atoms with Gasteiger partial charge in [-0.25, -0.2) is 9.97 Å². The zero-order valence-corrected chi connectivity index (χ0v) is 37.0. The SMILES string of the molecule is CC(C)C1=CC(c2cc(C3=CC(C(C)C)CC(C(C)C)=C3)nc(C3=CC(c4ccc5c(c4)NCC=C5)=CC(C4C=c5ccccc5=C5C=CC=CC54)C3)n2)CC(C(C)C)=C1. The molecular formula is C57H63N3. The average molecular weight is 790 g/mol. The molecule has 0 amide bonds. The highest BCUT2D eigenvalue weighted by molar-refractivity contribution is 5.88. The zero-order valence-electron chi connectivity index (χ0n) is 37.0. The molecule has 2 heterocycles. The predicted octanol–water partition coefficient (Wildman–Crippen LogP) is 12.7. The summed E-state index contributed by atoms with van der Waals surface area (Å²) >= 11 is 0. The summed E-state index contributed by atoms with van der Waals surface area (Å²) in [4.78, 5) is 11.3. The van der Waals surface area contributed by atoms with Crippen molar-refractivity contribution in [2.75, 3.05) is 11.9 Å². The summed E-state index contributed by atoms with van der Waals surface area (Å²) in [5.41, 5.74) is 15.5. The molecule has 5 aliphatic carbocycles. The third kappa shape index (κ3) is 8.01. The Morgan fingerprint density at radius 1 is 0.700 bits per heavy atom. The van der Waals surface area contributed by atoms with Crippen LogP contribution in [0.3, 0.4) is 0 Å². The lowest BCUT2D eigenvalue weighted by atomic mass is 9.69. The predicted molar refractivity (Wildman–Crippen MR) is 256 cm³/mol. The lowest BCUT2D eigenvalue weighted by Crippen LogP contribution is -2.38. The molecule has 3 nitrogen and oxygen atoms in total. The van der Waals surface area contributed by atoms with Crippen molar-refractivity contribution >= 4 is 40.1 Å². The first kappa shape index (κ1) is 40.1. The minimum absolute atomic E-state index is 0.193. The fourth-order valence-corrected chi connectivity index (χ4v) is 10.2. The van der Waals surface area contributed by atoms with Crippen molar-refractivity contribution < 1.29 is 0 Å². The van der Waals surface area contributed by atoms with E-state index in [1.165, 1.54) is 66.3 Å². The highest BCUT2D eigenvalue weighted by Crippen LogP contribution is 2.45. The molecule has 1 N–H and O–H groups in total. The Morgan fingerprint density at radius 2 is 1.52 bits per heavy atom. The van der Waals surface area contributed by atoms with Crippen LogP contribution < -0.4 is 15.8 Å². The normalized spacial score (nSPS) is 24.5. The van der Waals surface area contributed by atoms with E-state index in [4.69, 9.17) is 9.97 Å². The van der Waals surface area contributed by atoms with Crippen LogP contribution in [0.1, 0.15) is 109 Å². The van der Waals surface area contributed by atoms with Gasteiger partial charge in [0.05, 0.1) is 11.4 Å². The van der Waals surface area contributed by atoms with Gasteiger partial charge in [0.25, 0.3) is 0 Å². The van der Waals surface area contributed by atoms with Crippen molar-refractivity contribution in [3.05, 3.63) is 171 Å². The van der Waals surface area contributed by atoms with Crippen LogP contribution in [0.5, 0.6) is 0 Å². The van der Waals surface area contributed by atoms with E-state index in [2.05, 4.69) is 188 Å². The Labute approximate surface area is 359 Å². The smallest absolute Gasteiger partial charge is 0.156 e. The van der Waals surface area contributed by atoms with Gasteiger partial charge in [0.1, 0.15) is 0 Å². The van der Waals surface area contributed by atoms with E-state index in [1.54, 1.807) is 0 Å². The lowest BCUT2D eigenvalue weighted by Gasteiger charge is -2.35. The van der Waals surface area contributed by atoms with E-state index in [1.807, 2.05) is 0 Å². The van der Waals surface area contributed by atoms with Gasteiger partial charge in [-0.3, -0.25) is 0 Å². The molecule has 3 aromatic rings. The second kappa shape index (κ2) is 16.6. The maximum absolute atomic E-state index is 5.68. The van der Waals surface area contributed by atoms with Gasteiger partial charge in [-0.2, -0.15) is 0 Å². The monoisotopic (exact) mass is 790 g/mol. The number of aromatic nitrogens is 2. The van der Waals surface area contributed by atoms with E-state index < -0.39 is 0 Å². The number of nitrogens with one attached hydrogen (secondary N) is 1. The van der Waals surface area contributed by atoms with Crippen molar-refractivity contribution in [1.82, 2.24) is 9.97 Å². The van der Waals surface area contributed by atoms with E-state index in [9.17, 15) is 0 Å². The summed E-state index contributed by atoms with van der Waals surface area (Å²) in [5.74, 6) is 4.36. The van der Waals surface area contributed by atoms with Gasteiger partial charge in [0, 0.05) is 24.1 Å². The number of fused-ring (bicyclic) bond motifs is 3. The number of anilines is 1. The maximum Gasteiger partial charge on any atom is 0.156 e. The van der Waals surface area contributed by atoms with E-state index in [0.717, 1.165) is 43.0 Å². The second-order valence-corrected chi connectivity index (χ2v) is 19.4. The molecule has 0 radical (unpaired) electrons. The molecule has 9 rings (SSSR count). The second-order valence-electron chi connectivity index (χ2n) is 19.4. The van der Waals surface area contributed by atoms with Gasteiger partial charge in [-0.15, -0.1) is 0 Å². The fourth-order valence-electron chi connectivity index (χ4n) is 10.2. The molecule has 1 aromatic heterocycles.